The molecule has 0 heterocycles. The summed E-state index contributed by atoms with van der Waals surface area (Å²) in [5, 5.41) is 0. The molecule has 0 unspecified atom stereocenters. The molecule has 70 valence electrons. The molecule has 0 aromatic heterocycles. The third-order valence-electron chi connectivity index (χ3n) is 2.25. The van der Waals surface area contributed by atoms with Crippen molar-refractivity contribution in [2.75, 3.05) is 6.61 Å². The van der Waals surface area contributed by atoms with Crippen molar-refractivity contribution < 1.29 is 9.53 Å². The predicted molar refractivity (Wildman–Crippen MR) is 48.0 cm³/mol. The Bertz CT molecular complexity index is 159. The molecule has 12 heavy (non-hydrogen) atoms. The summed E-state index contributed by atoms with van der Waals surface area (Å²) < 4.78 is 5.44. The number of ether oxygens (including phenoxy) is 1. The van der Waals surface area contributed by atoms with Crippen LogP contribution in [-0.4, -0.2) is 18.5 Å². The van der Waals surface area contributed by atoms with Gasteiger partial charge in [-0.1, -0.05) is 13.8 Å². The fraction of sp³-hybridized carbons (Fsp3) is 0.900. The van der Waals surface area contributed by atoms with Gasteiger partial charge in [-0.15, -0.1) is 0 Å². The highest BCUT2D eigenvalue weighted by Gasteiger charge is 2.37. The van der Waals surface area contributed by atoms with E-state index in [1.165, 1.54) is 12.8 Å². The lowest BCUT2D eigenvalue weighted by atomic mass is 10.0. The number of Topliss-reactive ketones (excluding diaryl/α,β-unsaturated/α-hetero) is 1. The zero-order valence-electron chi connectivity index (χ0n) is 8.17. The first-order valence-electron chi connectivity index (χ1n) is 4.82. The van der Waals surface area contributed by atoms with Crippen LogP contribution in [0.2, 0.25) is 0 Å². The monoisotopic (exact) mass is 170 g/mol. The molecule has 1 rings (SSSR count). The lowest BCUT2D eigenvalue weighted by Crippen LogP contribution is -2.30. The van der Waals surface area contributed by atoms with E-state index < -0.39 is 0 Å². The molecule has 0 aliphatic heterocycles. The first kappa shape index (κ1) is 9.72. The van der Waals surface area contributed by atoms with E-state index in [1.54, 1.807) is 0 Å². The number of rotatable bonds is 5. The average molecular weight is 170 g/mol. The molecule has 0 amide bonds. The lowest BCUT2D eigenvalue weighted by molar-refractivity contribution is -0.134. The van der Waals surface area contributed by atoms with E-state index in [4.69, 9.17) is 4.74 Å². The molecule has 0 aromatic carbocycles. The topological polar surface area (TPSA) is 26.3 Å². The van der Waals surface area contributed by atoms with Gasteiger partial charge in [0.15, 0.2) is 5.78 Å². The highest BCUT2D eigenvalue weighted by molar-refractivity contribution is 5.85. The van der Waals surface area contributed by atoms with Crippen LogP contribution in [0.1, 0.15) is 33.6 Å². The van der Waals surface area contributed by atoms with Gasteiger partial charge >= 0.3 is 0 Å². The second kappa shape index (κ2) is 4.04. The van der Waals surface area contributed by atoms with Gasteiger partial charge in [-0.2, -0.15) is 0 Å². The van der Waals surface area contributed by atoms with Crippen LogP contribution in [0.3, 0.4) is 0 Å². The Balaban J connectivity index is 2.46. The molecule has 0 saturated heterocycles. The molecule has 1 fully saturated rings. The van der Waals surface area contributed by atoms with Crippen LogP contribution in [0.25, 0.3) is 0 Å². The largest absolute Gasteiger partial charge is 0.370 e. The van der Waals surface area contributed by atoms with Crippen LogP contribution in [0.15, 0.2) is 0 Å². The average Bonchev–Trinajstić information content (AvgIpc) is 2.81. The summed E-state index contributed by atoms with van der Waals surface area (Å²) in [6.45, 7) is 6.48. The number of carbonyl (C=O) groups is 1. The Labute approximate surface area is 74.3 Å². The van der Waals surface area contributed by atoms with Gasteiger partial charge in [0.05, 0.1) is 0 Å². The second-order valence-corrected chi connectivity index (χ2v) is 3.77. The molecule has 0 spiro atoms. The highest BCUT2D eigenvalue weighted by Crippen LogP contribution is 2.35. The van der Waals surface area contributed by atoms with Crippen molar-refractivity contribution in [2.24, 2.45) is 11.8 Å². The van der Waals surface area contributed by atoms with Crippen LogP contribution in [0, 0.1) is 11.8 Å². The normalized spacial score (nSPS) is 19.7. The summed E-state index contributed by atoms with van der Waals surface area (Å²) in [5.41, 5.74) is 0. The SMILES string of the molecule is CCO[C@H](C(=O)C(C)C)C1CC1. The second-order valence-electron chi connectivity index (χ2n) is 3.77. The zero-order valence-corrected chi connectivity index (χ0v) is 8.17. The van der Waals surface area contributed by atoms with Crippen LogP contribution < -0.4 is 0 Å². The molecule has 2 heteroatoms. The molecule has 0 bridgehead atoms. The Kier molecular flexibility index (Phi) is 3.27. The minimum absolute atomic E-state index is 0.102. The third kappa shape index (κ3) is 2.31. The van der Waals surface area contributed by atoms with Gasteiger partial charge in [-0.3, -0.25) is 4.79 Å². The summed E-state index contributed by atoms with van der Waals surface area (Å²) in [6, 6.07) is 0. The smallest absolute Gasteiger partial charge is 0.164 e. The summed E-state index contributed by atoms with van der Waals surface area (Å²) in [4.78, 5) is 11.6. The van der Waals surface area contributed by atoms with Crippen LogP contribution in [0.4, 0.5) is 0 Å². The summed E-state index contributed by atoms with van der Waals surface area (Å²) in [5.74, 6) is 0.918. The van der Waals surface area contributed by atoms with Crippen LogP contribution in [-0.2, 0) is 9.53 Å². The Hall–Kier alpha value is -0.370. The van der Waals surface area contributed by atoms with Crippen molar-refractivity contribution in [3.05, 3.63) is 0 Å². The third-order valence-corrected chi connectivity index (χ3v) is 2.25. The van der Waals surface area contributed by atoms with E-state index in [1.807, 2.05) is 20.8 Å². The van der Waals surface area contributed by atoms with E-state index in [2.05, 4.69) is 0 Å². The molecular formula is C10H18O2. The Morgan fingerprint density at radius 2 is 2.08 bits per heavy atom. The maximum atomic E-state index is 11.6. The zero-order chi connectivity index (χ0) is 9.14. The molecule has 0 aromatic rings. The summed E-state index contributed by atoms with van der Waals surface area (Å²) in [6.07, 6.45) is 2.24. The van der Waals surface area contributed by atoms with E-state index in [9.17, 15) is 4.79 Å². The van der Waals surface area contributed by atoms with Crippen LogP contribution >= 0.6 is 0 Å². The maximum absolute atomic E-state index is 11.6. The van der Waals surface area contributed by atoms with Crippen molar-refractivity contribution in [1.82, 2.24) is 0 Å². The van der Waals surface area contributed by atoms with Gasteiger partial charge in [0.2, 0.25) is 0 Å². The van der Waals surface area contributed by atoms with E-state index in [-0.39, 0.29) is 17.8 Å². The fourth-order valence-corrected chi connectivity index (χ4v) is 1.36. The van der Waals surface area contributed by atoms with Gasteiger partial charge in [0.1, 0.15) is 6.10 Å². The van der Waals surface area contributed by atoms with Crippen molar-refractivity contribution in [3.8, 4) is 0 Å². The minimum atomic E-state index is -0.102. The minimum Gasteiger partial charge on any atom is -0.370 e. The number of hydrogen-bond donors (Lipinski definition) is 0. The molecule has 1 saturated carbocycles. The molecule has 2 nitrogen and oxygen atoms in total. The first-order valence-corrected chi connectivity index (χ1v) is 4.82. The van der Waals surface area contributed by atoms with Gasteiger partial charge in [0.25, 0.3) is 0 Å². The Morgan fingerprint density at radius 1 is 1.50 bits per heavy atom. The summed E-state index contributed by atoms with van der Waals surface area (Å²) >= 11 is 0. The van der Waals surface area contributed by atoms with E-state index in [0.29, 0.717) is 12.5 Å². The molecular weight excluding hydrogens is 152 g/mol. The quantitative estimate of drug-likeness (QED) is 0.631. The summed E-state index contributed by atoms with van der Waals surface area (Å²) in [7, 11) is 0. The van der Waals surface area contributed by atoms with Gasteiger partial charge in [-0.25, -0.2) is 0 Å². The van der Waals surface area contributed by atoms with Crippen LogP contribution in [0.5, 0.6) is 0 Å². The predicted octanol–water partition coefficient (Wildman–Crippen LogP) is 2.03. The number of carbonyl (C=O) groups excluding carboxylic acids is 1. The Morgan fingerprint density at radius 3 is 2.42 bits per heavy atom. The first-order chi connectivity index (χ1) is 5.66. The van der Waals surface area contributed by atoms with Crippen molar-refractivity contribution in [3.63, 3.8) is 0 Å². The molecule has 1 atom stereocenters. The van der Waals surface area contributed by atoms with E-state index in [0.717, 1.165) is 0 Å². The molecule has 1 aliphatic rings. The van der Waals surface area contributed by atoms with Gasteiger partial charge < -0.3 is 4.74 Å². The fourth-order valence-electron chi connectivity index (χ4n) is 1.36. The van der Waals surface area contributed by atoms with Crippen molar-refractivity contribution >= 4 is 5.78 Å². The van der Waals surface area contributed by atoms with Crippen molar-refractivity contribution in [2.45, 2.75) is 39.7 Å². The molecule has 1 aliphatic carbocycles. The van der Waals surface area contributed by atoms with Gasteiger partial charge in [0, 0.05) is 12.5 Å². The molecule has 0 radical (unpaired) electrons. The van der Waals surface area contributed by atoms with Gasteiger partial charge in [-0.05, 0) is 25.7 Å². The standard InChI is InChI=1S/C10H18O2/c1-4-12-10(8-5-6-8)9(11)7(2)3/h7-8,10H,4-6H2,1-3H3/t10-/m0/s1. The lowest BCUT2D eigenvalue weighted by Gasteiger charge is -2.16. The number of hydrogen-bond acceptors (Lipinski definition) is 2. The maximum Gasteiger partial charge on any atom is 0.164 e. The van der Waals surface area contributed by atoms with E-state index >= 15 is 0 Å². The van der Waals surface area contributed by atoms with Crippen molar-refractivity contribution in [1.29, 1.82) is 0 Å². The highest BCUT2D eigenvalue weighted by atomic mass is 16.5. The number of ketones is 1. The molecule has 0 N–H and O–H groups in total.